The van der Waals surface area contributed by atoms with E-state index >= 15 is 0 Å². The van der Waals surface area contributed by atoms with Crippen molar-refractivity contribution in [2.45, 2.75) is 33.1 Å². The van der Waals surface area contributed by atoms with E-state index in [9.17, 15) is 0 Å². The predicted molar refractivity (Wildman–Crippen MR) is 91.1 cm³/mol. The van der Waals surface area contributed by atoms with Gasteiger partial charge < -0.3 is 0 Å². The van der Waals surface area contributed by atoms with Crippen LogP contribution in [0.1, 0.15) is 43.2 Å². The highest BCUT2D eigenvalue weighted by Crippen LogP contribution is 2.30. The number of fused-ring (bicyclic) bond motifs is 1. The van der Waals surface area contributed by atoms with Gasteiger partial charge in [0.2, 0.25) is 0 Å². The number of rotatable bonds is 0. The van der Waals surface area contributed by atoms with Gasteiger partial charge in [0.05, 0.1) is 17.3 Å². The highest BCUT2D eigenvalue weighted by Gasteiger charge is 2.20. The molecule has 0 saturated carbocycles. The zero-order valence-corrected chi connectivity index (χ0v) is 14.0. The molecule has 0 aliphatic heterocycles. The Bertz CT molecular complexity index is 892. The second-order valence-corrected chi connectivity index (χ2v) is 6.84. The third kappa shape index (κ3) is 2.86. The lowest BCUT2D eigenvalue weighted by Crippen LogP contribution is -2.11. The summed E-state index contributed by atoms with van der Waals surface area (Å²) in [5.74, 6) is 6.41. The second-order valence-electron chi connectivity index (χ2n) is 6.31. The van der Waals surface area contributed by atoms with E-state index in [0.29, 0.717) is 0 Å². The molecule has 3 aromatic rings. The zero-order chi connectivity index (χ0) is 15.7. The molecule has 0 fully saturated rings. The van der Waals surface area contributed by atoms with Gasteiger partial charge in [0.25, 0.3) is 0 Å². The molecular weight excluding hydrogens is 290 g/mol. The van der Waals surface area contributed by atoms with E-state index in [0.717, 1.165) is 27.9 Å². The van der Waals surface area contributed by atoms with Crippen molar-refractivity contribution in [1.82, 2.24) is 13.7 Å². The zero-order valence-electron chi connectivity index (χ0n) is 13.1. The van der Waals surface area contributed by atoms with E-state index in [4.69, 9.17) is 0 Å². The Labute approximate surface area is 134 Å². The molecule has 1 aromatic carbocycles. The number of hydrogen-bond donors (Lipinski definition) is 0. The standard InChI is InChI=1S/C18H17N3S/c1-12-11-13(9-10-19-12)5-6-14-7-8-15(18(2,3)4)17-16(14)20-22-21-17/h7-11H,1-4H3. The molecule has 110 valence electrons. The third-order valence-electron chi connectivity index (χ3n) is 3.46. The van der Waals surface area contributed by atoms with Crippen molar-refractivity contribution in [2.75, 3.05) is 0 Å². The number of aromatic nitrogens is 3. The highest BCUT2D eigenvalue weighted by atomic mass is 32.1. The van der Waals surface area contributed by atoms with Crippen LogP contribution in [0.15, 0.2) is 30.5 Å². The van der Waals surface area contributed by atoms with E-state index < -0.39 is 0 Å². The lowest BCUT2D eigenvalue weighted by atomic mass is 9.85. The summed E-state index contributed by atoms with van der Waals surface area (Å²) in [5, 5.41) is 0. The maximum Gasteiger partial charge on any atom is 0.120 e. The van der Waals surface area contributed by atoms with Gasteiger partial charge in [-0.15, -0.1) is 0 Å². The first kappa shape index (κ1) is 14.7. The number of pyridine rings is 1. The average Bonchev–Trinajstić information content (AvgIpc) is 2.93. The summed E-state index contributed by atoms with van der Waals surface area (Å²) in [4.78, 5) is 4.19. The van der Waals surface area contributed by atoms with Gasteiger partial charge in [-0.3, -0.25) is 4.98 Å². The topological polar surface area (TPSA) is 38.7 Å². The average molecular weight is 307 g/mol. The van der Waals surface area contributed by atoms with Crippen LogP contribution < -0.4 is 0 Å². The van der Waals surface area contributed by atoms with Crippen molar-refractivity contribution < 1.29 is 0 Å². The first-order valence-electron chi connectivity index (χ1n) is 7.15. The summed E-state index contributed by atoms with van der Waals surface area (Å²) in [5.41, 5.74) is 5.97. The minimum Gasteiger partial charge on any atom is -0.262 e. The molecule has 0 radical (unpaired) electrons. The SMILES string of the molecule is Cc1cc(C#Cc2ccc(C(C)(C)C)c3nsnc23)ccn1. The molecule has 3 rings (SSSR count). The summed E-state index contributed by atoms with van der Waals surface area (Å²) >= 11 is 1.24. The predicted octanol–water partition coefficient (Wildman–Crippen LogP) is 4.09. The van der Waals surface area contributed by atoms with Gasteiger partial charge in [0, 0.05) is 17.5 Å². The molecule has 22 heavy (non-hydrogen) atoms. The van der Waals surface area contributed by atoms with Gasteiger partial charge >= 0.3 is 0 Å². The summed E-state index contributed by atoms with van der Waals surface area (Å²) < 4.78 is 8.91. The van der Waals surface area contributed by atoms with Crippen LogP contribution in [0.3, 0.4) is 0 Å². The molecule has 0 unspecified atom stereocenters. The van der Waals surface area contributed by atoms with Crippen LogP contribution in [0.25, 0.3) is 11.0 Å². The number of nitrogens with zero attached hydrogens (tertiary/aromatic N) is 3. The molecule has 2 heterocycles. The Kier molecular flexibility index (Phi) is 3.67. The number of benzene rings is 1. The molecule has 0 amide bonds. The van der Waals surface area contributed by atoms with E-state index in [1.165, 1.54) is 17.3 Å². The van der Waals surface area contributed by atoms with E-state index in [1.807, 2.05) is 25.1 Å². The Morgan fingerprint density at radius 2 is 1.77 bits per heavy atom. The largest absolute Gasteiger partial charge is 0.262 e. The highest BCUT2D eigenvalue weighted by molar-refractivity contribution is 7.00. The maximum atomic E-state index is 4.47. The van der Waals surface area contributed by atoms with Crippen molar-refractivity contribution in [3.05, 3.63) is 52.8 Å². The monoisotopic (exact) mass is 307 g/mol. The Morgan fingerprint density at radius 3 is 2.50 bits per heavy atom. The van der Waals surface area contributed by atoms with Crippen LogP contribution in [0.2, 0.25) is 0 Å². The number of hydrogen-bond acceptors (Lipinski definition) is 4. The molecule has 3 nitrogen and oxygen atoms in total. The molecule has 0 bridgehead atoms. The molecule has 0 saturated heterocycles. The van der Waals surface area contributed by atoms with Crippen molar-refractivity contribution in [2.24, 2.45) is 0 Å². The van der Waals surface area contributed by atoms with Gasteiger partial charge in [-0.05, 0) is 36.1 Å². The quantitative estimate of drug-likeness (QED) is 0.587. The fourth-order valence-corrected chi connectivity index (χ4v) is 2.91. The van der Waals surface area contributed by atoms with E-state index in [2.05, 4.69) is 52.4 Å². The summed E-state index contributed by atoms with van der Waals surface area (Å²) in [6, 6.07) is 8.06. The Balaban J connectivity index is 2.09. The van der Waals surface area contributed by atoms with Crippen molar-refractivity contribution >= 4 is 22.8 Å². The van der Waals surface area contributed by atoms with Crippen LogP contribution in [0, 0.1) is 18.8 Å². The number of aryl methyl sites for hydroxylation is 1. The van der Waals surface area contributed by atoms with Crippen LogP contribution in [-0.4, -0.2) is 13.7 Å². The third-order valence-corrected chi connectivity index (χ3v) is 3.99. The summed E-state index contributed by atoms with van der Waals surface area (Å²) in [6.07, 6.45) is 1.78. The smallest absolute Gasteiger partial charge is 0.120 e. The first-order chi connectivity index (χ1) is 10.4. The van der Waals surface area contributed by atoms with Gasteiger partial charge in [0.15, 0.2) is 0 Å². The fraction of sp³-hybridized carbons (Fsp3) is 0.278. The van der Waals surface area contributed by atoms with Crippen molar-refractivity contribution in [3.63, 3.8) is 0 Å². The van der Waals surface area contributed by atoms with Crippen LogP contribution >= 0.6 is 11.7 Å². The maximum absolute atomic E-state index is 4.47. The normalized spacial score (nSPS) is 11.3. The second kappa shape index (κ2) is 5.51. The Hall–Kier alpha value is -2.25. The molecule has 0 aliphatic rings. The molecule has 2 aromatic heterocycles. The minimum atomic E-state index is 0.0438. The molecular formula is C18H17N3S. The summed E-state index contributed by atoms with van der Waals surface area (Å²) in [7, 11) is 0. The fourth-order valence-electron chi connectivity index (χ4n) is 2.34. The van der Waals surface area contributed by atoms with Gasteiger partial charge in [0.1, 0.15) is 11.0 Å². The molecule has 0 aliphatic carbocycles. The van der Waals surface area contributed by atoms with Gasteiger partial charge in [-0.2, -0.15) is 8.75 Å². The molecule has 0 N–H and O–H groups in total. The molecule has 0 atom stereocenters. The van der Waals surface area contributed by atoms with Crippen LogP contribution in [0.5, 0.6) is 0 Å². The minimum absolute atomic E-state index is 0.0438. The van der Waals surface area contributed by atoms with Gasteiger partial charge in [-0.1, -0.05) is 38.7 Å². The first-order valence-corrected chi connectivity index (χ1v) is 7.88. The lowest BCUT2D eigenvalue weighted by Gasteiger charge is -2.19. The molecule has 0 spiro atoms. The summed E-state index contributed by atoms with van der Waals surface area (Å²) in [6.45, 7) is 8.52. The lowest BCUT2D eigenvalue weighted by molar-refractivity contribution is 0.595. The van der Waals surface area contributed by atoms with Crippen LogP contribution in [0.4, 0.5) is 0 Å². The Morgan fingerprint density at radius 1 is 1.00 bits per heavy atom. The van der Waals surface area contributed by atoms with E-state index in [1.54, 1.807) is 6.20 Å². The molecule has 4 heteroatoms. The van der Waals surface area contributed by atoms with Crippen molar-refractivity contribution in [3.8, 4) is 11.8 Å². The van der Waals surface area contributed by atoms with E-state index in [-0.39, 0.29) is 5.41 Å². The van der Waals surface area contributed by atoms with Gasteiger partial charge in [-0.25, -0.2) is 0 Å². The van der Waals surface area contributed by atoms with Crippen molar-refractivity contribution in [1.29, 1.82) is 0 Å². The van der Waals surface area contributed by atoms with Crippen LogP contribution in [-0.2, 0) is 5.41 Å².